The summed E-state index contributed by atoms with van der Waals surface area (Å²) in [6, 6.07) is 2.03. The molecule has 19 heavy (non-hydrogen) atoms. The lowest BCUT2D eigenvalue weighted by molar-refractivity contribution is -0.119. The van der Waals surface area contributed by atoms with Crippen molar-refractivity contribution in [2.45, 2.75) is 39.0 Å². The van der Waals surface area contributed by atoms with Crippen LogP contribution < -0.4 is 0 Å². The lowest BCUT2D eigenvalue weighted by atomic mass is 10.1. The summed E-state index contributed by atoms with van der Waals surface area (Å²) in [4.78, 5) is 20.4. The molecule has 0 amide bonds. The fraction of sp³-hybridized carbons (Fsp3) is 0.429. The largest absolute Gasteiger partial charge is 0.338 e. The number of hydrogen-bond acceptors (Lipinski definition) is 5. The highest BCUT2D eigenvalue weighted by Gasteiger charge is 2.31. The van der Waals surface area contributed by atoms with E-state index >= 15 is 0 Å². The molecule has 0 N–H and O–H groups in total. The average Bonchev–Trinajstić information content (AvgIpc) is 2.97. The highest BCUT2D eigenvalue weighted by molar-refractivity contribution is 5.86. The van der Waals surface area contributed by atoms with Gasteiger partial charge in [-0.05, 0) is 37.8 Å². The Kier molecular flexibility index (Phi) is 2.89. The van der Waals surface area contributed by atoms with E-state index in [1.807, 2.05) is 19.9 Å². The third-order valence-corrected chi connectivity index (χ3v) is 3.47. The molecule has 0 aromatic carbocycles. The summed E-state index contributed by atoms with van der Waals surface area (Å²) >= 11 is 0. The molecule has 1 saturated carbocycles. The van der Waals surface area contributed by atoms with Gasteiger partial charge in [0.15, 0.2) is 0 Å². The number of hydrogen-bond donors (Lipinski definition) is 0. The number of pyridine rings is 1. The highest BCUT2D eigenvalue weighted by atomic mass is 16.5. The number of aryl methyl sites for hydroxylation is 2. The zero-order valence-electron chi connectivity index (χ0n) is 11.0. The lowest BCUT2D eigenvalue weighted by Crippen LogP contribution is -2.04. The normalized spacial score (nSPS) is 19.1. The molecule has 2 aromatic rings. The second kappa shape index (κ2) is 4.57. The summed E-state index contributed by atoms with van der Waals surface area (Å²) in [7, 11) is 0. The molecule has 0 saturated heterocycles. The molecular weight excluding hydrogens is 242 g/mol. The summed E-state index contributed by atoms with van der Waals surface area (Å²) in [6.45, 7) is 3.95. The van der Waals surface area contributed by atoms with E-state index in [2.05, 4.69) is 15.1 Å². The number of ketones is 1. The van der Waals surface area contributed by atoms with Crippen LogP contribution in [-0.2, 0) is 4.79 Å². The van der Waals surface area contributed by atoms with Gasteiger partial charge in [0.25, 0.3) is 0 Å². The Hall–Kier alpha value is -2.04. The Morgan fingerprint density at radius 1 is 1.37 bits per heavy atom. The molecule has 98 valence electrons. The predicted molar refractivity (Wildman–Crippen MR) is 68.6 cm³/mol. The second-order valence-corrected chi connectivity index (χ2v) is 5.05. The third-order valence-electron chi connectivity index (χ3n) is 3.47. The molecule has 1 aliphatic carbocycles. The highest BCUT2D eigenvalue weighted by Crippen LogP contribution is 2.31. The number of aromatic nitrogens is 3. The van der Waals surface area contributed by atoms with Crippen LogP contribution in [-0.4, -0.2) is 20.9 Å². The van der Waals surface area contributed by atoms with Crippen molar-refractivity contribution in [2.75, 3.05) is 0 Å². The number of Topliss-reactive ketones (excluding diaryl/α,β-unsaturated/α-hetero) is 1. The summed E-state index contributed by atoms with van der Waals surface area (Å²) in [5, 5.41) is 3.96. The third kappa shape index (κ3) is 2.16. The average molecular weight is 257 g/mol. The molecule has 3 rings (SSSR count). The van der Waals surface area contributed by atoms with E-state index < -0.39 is 0 Å². The minimum absolute atomic E-state index is 0.198. The molecule has 1 aliphatic rings. The molecule has 0 spiro atoms. The second-order valence-electron chi connectivity index (χ2n) is 5.05. The fourth-order valence-corrected chi connectivity index (χ4v) is 2.50. The lowest BCUT2D eigenvalue weighted by Gasteiger charge is -2.01. The van der Waals surface area contributed by atoms with Gasteiger partial charge in [0.2, 0.25) is 11.7 Å². The van der Waals surface area contributed by atoms with Crippen molar-refractivity contribution in [3.05, 3.63) is 29.3 Å². The Labute approximate surface area is 111 Å². The van der Waals surface area contributed by atoms with E-state index in [9.17, 15) is 4.79 Å². The maximum atomic E-state index is 11.7. The van der Waals surface area contributed by atoms with Crippen molar-refractivity contribution >= 4 is 5.78 Å². The molecule has 0 aliphatic heterocycles. The van der Waals surface area contributed by atoms with Gasteiger partial charge in [-0.25, -0.2) is 0 Å². The molecule has 1 fully saturated rings. The van der Waals surface area contributed by atoms with Crippen molar-refractivity contribution in [2.24, 2.45) is 0 Å². The van der Waals surface area contributed by atoms with Gasteiger partial charge in [0, 0.05) is 12.6 Å². The first-order valence-corrected chi connectivity index (χ1v) is 6.45. The van der Waals surface area contributed by atoms with Crippen LogP contribution >= 0.6 is 0 Å². The summed E-state index contributed by atoms with van der Waals surface area (Å²) in [6.07, 6.45) is 4.10. The van der Waals surface area contributed by atoms with E-state index in [-0.39, 0.29) is 11.7 Å². The van der Waals surface area contributed by atoms with Crippen molar-refractivity contribution in [3.63, 3.8) is 0 Å². The van der Waals surface area contributed by atoms with Gasteiger partial charge < -0.3 is 4.52 Å². The van der Waals surface area contributed by atoms with Crippen molar-refractivity contribution in [1.29, 1.82) is 0 Å². The van der Waals surface area contributed by atoms with Crippen LogP contribution in [0.25, 0.3) is 11.5 Å². The van der Waals surface area contributed by atoms with Crippen molar-refractivity contribution < 1.29 is 9.32 Å². The first kappa shape index (κ1) is 12.0. The molecule has 2 heterocycles. The Bertz CT molecular complexity index is 633. The van der Waals surface area contributed by atoms with Crippen LogP contribution in [0.3, 0.4) is 0 Å². The topological polar surface area (TPSA) is 68.9 Å². The van der Waals surface area contributed by atoms with E-state index in [1.54, 1.807) is 6.20 Å². The maximum absolute atomic E-state index is 11.7. The Morgan fingerprint density at radius 3 is 2.89 bits per heavy atom. The summed E-state index contributed by atoms with van der Waals surface area (Å²) in [5.74, 6) is 0.877. The number of nitrogens with zero attached hydrogens (tertiary/aromatic N) is 3. The smallest absolute Gasteiger partial charge is 0.237 e. The zero-order chi connectivity index (χ0) is 13.4. The van der Waals surface area contributed by atoms with Crippen LogP contribution in [0.1, 0.15) is 42.2 Å². The van der Waals surface area contributed by atoms with Gasteiger partial charge in [0.05, 0.1) is 5.92 Å². The number of carbonyl (C=O) groups excluding carboxylic acids is 1. The molecule has 0 radical (unpaired) electrons. The maximum Gasteiger partial charge on any atom is 0.237 e. The summed E-state index contributed by atoms with van der Waals surface area (Å²) < 4.78 is 5.24. The van der Waals surface area contributed by atoms with Gasteiger partial charge in [-0.3, -0.25) is 9.78 Å². The van der Waals surface area contributed by atoms with E-state index in [0.717, 1.165) is 24.0 Å². The SMILES string of the molecule is Cc1cnc(-c2noc(C3CCCC3=O)n2)c(C)c1. The molecule has 5 nitrogen and oxygen atoms in total. The monoisotopic (exact) mass is 257 g/mol. The van der Waals surface area contributed by atoms with Crippen LogP contribution in [0.5, 0.6) is 0 Å². The number of carbonyl (C=O) groups is 1. The van der Waals surface area contributed by atoms with Crippen molar-refractivity contribution in [1.82, 2.24) is 15.1 Å². The molecule has 0 bridgehead atoms. The summed E-state index contributed by atoms with van der Waals surface area (Å²) in [5.41, 5.74) is 2.81. The predicted octanol–water partition coefficient (Wildman–Crippen LogP) is 2.59. The fourth-order valence-electron chi connectivity index (χ4n) is 2.50. The van der Waals surface area contributed by atoms with Gasteiger partial charge in [0.1, 0.15) is 11.5 Å². The first-order valence-electron chi connectivity index (χ1n) is 6.45. The van der Waals surface area contributed by atoms with E-state index in [0.29, 0.717) is 23.8 Å². The zero-order valence-corrected chi connectivity index (χ0v) is 11.0. The number of rotatable bonds is 2. The van der Waals surface area contributed by atoms with Gasteiger partial charge >= 0.3 is 0 Å². The molecule has 5 heteroatoms. The quantitative estimate of drug-likeness (QED) is 0.827. The van der Waals surface area contributed by atoms with E-state index in [4.69, 9.17) is 4.52 Å². The molecule has 2 aromatic heterocycles. The van der Waals surface area contributed by atoms with Gasteiger partial charge in [-0.1, -0.05) is 11.2 Å². The molecule has 1 atom stereocenters. The van der Waals surface area contributed by atoms with Crippen LogP contribution in [0.15, 0.2) is 16.8 Å². The Morgan fingerprint density at radius 2 is 2.21 bits per heavy atom. The van der Waals surface area contributed by atoms with Gasteiger partial charge in [-0.15, -0.1) is 0 Å². The van der Waals surface area contributed by atoms with Crippen molar-refractivity contribution in [3.8, 4) is 11.5 Å². The van der Waals surface area contributed by atoms with Crippen LogP contribution in [0, 0.1) is 13.8 Å². The van der Waals surface area contributed by atoms with Gasteiger partial charge in [-0.2, -0.15) is 4.98 Å². The minimum atomic E-state index is -0.216. The standard InChI is InChI=1S/C14H15N3O2/c1-8-6-9(2)12(15-7-8)13-16-14(19-17-13)10-4-3-5-11(10)18/h6-7,10H,3-5H2,1-2H3. The molecular formula is C14H15N3O2. The first-order chi connectivity index (χ1) is 9.15. The van der Waals surface area contributed by atoms with Crippen LogP contribution in [0.2, 0.25) is 0 Å². The van der Waals surface area contributed by atoms with E-state index in [1.165, 1.54) is 0 Å². The minimum Gasteiger partial charge on any atom is -0.338 e. The Balaban J connectivity index is 1.94. The van der Waals surface area contributed by atoms with Crippen LogP contribution in [0.4, 0.5) is 0 Å². The molecule has 1 unspecified atom stereocenters.